The van der Waals surface area contributed by atoms with Crippen LogP contribution >= 0.6 is 0 Å². The van der Waals surface area contributed by atoms with Crippen LogP contribution in [0.5, 0.6) is 0 Å². The van der Waals surface area contributed by atoms with Crippen LogP contribution in [0.4, 0.5) is 9.59 Å². The number of carbonyl (C=O) groups excluding carboxylic acids is 2. The maximum Gasteiger partial charge on any atom is 0.523 e. The highest BCUT2D eigenvalue weighted by Crippen LogP contribution is 2.32. The zero-order valence-electron chi connectivity index (χ0n) is 8.46. The van der Waals surface area contributed by atoms with Gasteiger partial charge < -0.3 is 14.2 Å². The Morgan fingerprint density at radius 3 is 1.60 bits per heavy atom. The highest BCUT2D eigenvalue weighted by atomic mass is 16.8. The Kier molecular flexibility index (Phi) is 2.22. The van der Waals surface area contributed by atoms with Crippen LogP contribution in [-0.4, -0.2) is 12.3 Å². The van der Waals surface area contributed by atoms with E-state index in [9.17, 15) is 9.59 Å². The topological polar surface area (TPSA) is 61.8 Å². The first-order chi connectivity index (χ1) is 7.06. The van der Waals surface area contributed by atoms with Crippen LogP contribution in [0.1, 0.15) is 26.7 Å². The average molecular weight is 210 g/mol. The van der Waals surface area contributed by atoms with E-state index in [2.05, 4.69) is 4.74 Å². The van der Waals surface area contributed by atoms with Gasteiger partial charge in [0.25, 0.3) is 0 Å². The van der Waals surface area contributed by atoms with E-state index < -0.39 is 12.3 Å². The summed E-state index contributed by atoms with van der Waals surface area (Å²) in [5, 5.41) is 0. The van der Waals surface area contributed by atoms with Crippen LogP contribution in [-0.2, 0) is 14.2 Å². The van der Waals surface area contributed by atoms with Gasteiger partial charge in [-0.25, -0.2) is 9.59 Å². The molecule has 0 saturated heterocycles. The number of carbonyl (C=O) groups is 2. The molecule has 1 aliphatic heterocycles. The molecule has 0 atom stereocenters. The highest BCUT2D eigenvalue weighted by molar-refractivity contribution is 5.79. The van der Waals surface area contributed by atoms with Gasteiger partial charge >= 0.3 is 12.3 Å². The highest BCUT2D eigenvalue weighted by Gasteiger charge is 2.29. The Labute approximate surface area is 86.3 Å². The molecule has 0 saturated carbocycles. The Morgan fingerprint density at radius 2 is 1.20 bits per heavy atom. The van der Waals surface area contributed by atoms with Crippen molar-refractivity contribution in [3.63, 3.8) is 0 Å². The summed E-state index contributed by atoms with van der Waals surface area (Å²) >= 11 is 0. The molecular formula is C10H10O5. The number of rotatable bonds is 0. The number of hydrogen-bond donors (Lipinski definition) is 0. The molecule has 15 heavy (non-hydrogen) atoms. The Morgan fingerprint density at radius 1 is 0.800 bits per heavy atom. The van der Waals surface area contributed by atoms with E-state index in [1.54, 1.807) is 0 Å². The summed E-state index contributed by atoms with van der Waals surface area (Å²) < 4.78 is 13.9. The molecule has 2 aliphatic rings. The minimum atomic E-state index is -1.03. The SMILES string of the molecule is CC1=C(C)CC2=C(C1)OC(=O)OC(=O)O2. The zero-order valence-corrected chi connectivity index (χ0v) is 8.46. The molecular weight excluding hydrogens is 200 g/mol. The van der Waals surface area contributed by atoms with Crippen molar-refractivity contribution < 1.29 is 23.8 Å². The molecule has 1 heterocycles. The van der Waals surface area contributed by atoms with Gasteiger partial charge in [-0.05, 0) is 13.8 Å². The maximum atomic E-state index is 10.9. The minimum absolute atomic E-state index is 0.369. The Hall–Kier alpha value is -1.78. The van der Waals surface area contributed by atoms with Gasteiger partial charge in [0.15, 0.2) is 11.5 Å². The van der Waals surface area contributed by atoms with E-state index >= 15 is 0 Å². The van der Waals surface area contributed by atoms with Gasteiger partial charge in [0.2, 0.25) is 0 Å². The van der Waals surface area contributed by atoms with Crippen molar-refractivity contribution in [3.05, 3.63) is 22.7 Å². The third-order valence-electron chi connectivity index (χ3n) is 2.47. The van der Waals surface area contributed by atoms with Crippen LogP contribution in [0.15, 0.2) is 22.7 Å². The zero-order chi connectivity index (χ0) is 11.0. The summed E-state index contributed by atoms with van der Waals surface area (Å²) in [4.78, 5) is 21.9. The van der Waals surface area contributed by atoms with Crippen molar-refractivity contribution in [1.29, 1.82) is 0 Å². The first kappa shape index (κ1) is 9.76. The molecule has 0 unspecified atom stereocenters. The molecule has 0 aromatic heterocycles. The third kappa shape index (κ3) is 1.86. The number of allylic oxidation sites excluding steroid dienone is 2. The molecule has 0 spiro atoms. The lowest BCUT2D eigenvalue weighted by Crippen LogP contribution is -2.09. The third-order valence-corrected chi connectivity index (χ3v) is 2.47. The first-order valence-electron chi connectivity index (χ1n) is 4.55. The molecule has 2 rings (SSSR count). The predicted octanol–water partition coefficient (Wildman–Crippen LogP) is 2.63. The van der Waals surface area contributed by atoms with E-state index in [-0.39, 0.29) is 0 Å². The summed E-state index contributed by atoms with van der Waals surface area (Å²) in [6.45, 7) is 3.89. The molecule has 5 heteroatoms. The molecule has 1 aliphatic carbocycles. The van der Waals surface area contributed by atoms with Crippen LogP contribution in [0.2, 0.25) is 0 Å². The van der Waals surface area contributed by atoms with Crippen molar-refractivity contribution in [2.75, 3.05) is 0 Å². The number of hydrogen-bond acceptors (Lipinski definition) is 5. The van der Waals surface area contributed by atoms with E-state index in [0.29, 0.717) is 24.4 Å². The second kappa shape index (κ2) is 3.42. The fraction of sp³-hybridized carbons (Fsp3) is 0.400. The van der Waals surface area contributed by atoms with Crippen LogP contribution < -0.4 is 0 Å². The molecule has 0 amide bonds. The van der Waals surface area contributed by atoms with E-state index in [1.165, 1.54) is 0 Å². The molecule has 0 fully saturated rings. The monoisotopic (exact) mass is 210 g/mol. The summed E-state index contributed by atoms with van der Waals surface area (Å²) in [6, 6.07) is 0. The van der Waals surface area contributed by atoms with Gasteiger partial charge in [0.1, 0.15) is 0 Å². The molecule has 5 nitrogen and oxygen atoms in total. The van der Waals surface area contributed by atoms with Gasteiger partial charge in [-0.3, -0.25) is 0 Å². The number of ether oxygens (including phenoxy) is 3. The van der Waals surface area contributed by atoms with Crippen molar-refractivity contribution in [3.8, 4) is 0 Å². The van der Waals surface area contributed by atoms with Gasteiger partial charge in [-0.15, -0.1) is 0 Å². The summed E-state index contributed by atoms with van der Waals surface area (Å²) in [5.41, 5.74) is 2.22. The van der Waals surface area contributed by atoms with Crippen molar-refractivity contribution in [1.82, 2.24) is 0 Å². The average Bonchev–Trinajstić information content (AvgIpc) is 2.24. The fourth-order valence-corrected chi connectivity index (χ4v) is 1.48. The second-order valence-corrected chi connectivity index (χ2v) is 3.57. The maximum absolute atomic E-state index is 10.9. The largest absolute Gasteiger partial charge is 0.523 e. The lowest BCUT2D eigenvalue weighted by Gasteiger charge is -2.17. The van der Waals surface area contributed by atoms with Gasteiger partial charge in [0.05, 0.1) is 0 Å². The van der Waals surface area contributed by atoms with Crippen LogP contribution in [0, 0.1) is 0 Å². The first-order valence-corrected chi connectivity index (χ1v) is 4.55. The molecule has 0 radical (unpaired) electrons. The lowest BCUT2D eigenvalue weighted by molar-refractivity contribution is 0.0780. The van der Waals surface area contributed by atoms with E-state index in [0.717, 1.165) is 11.1 Å². The van der Waals surface area contributed by atoms with Gasteiger partial charge in [-0.2, -0.15) is 0 Å². The summed E-state index contributed by atoms with van der Waals surface area (Å²) in [6.07, 6.45) is -1.11. The summed E-state index contributed by atoms with van der Waals surface area (Å²) in [5.74, 6) is 0.739. The van der Waals surface area contributed by atoms with E-state index in [4.69, 9.17) is 9.47 Å². The van der Waals surface area contributed by atoms with Gasteiger partial charge in [-0.1, -0.05) is 11.1 Å². The van der Waals surface area contributed by atoms with Crippen LogP contribution in [0.25, 0.3) is 0 Å². The minimum Gasteiger partial charge on any atom is -0.395 e. The lowest BCUT2D eigenvalue weighted by atomic mass is 9.97. The summed E-state index contributed by atoms with van der Waals surface area (Å²) in [7, 11) is 0. The van der Waals surface area contributed by atoms with Crippen molar-refractivity contribution in [2.24, 2.45) is 0 Å². The van der Waals surface area contributed by atoms with Crippen molar-refractivity contribution >= 4 is 12.3 Å². The molecule has 0 bridgehead atoms. The molecule has 0 N–H and O–H groups in total. The van der Waals surface area contributed by atoms with E-state index in [1.807, 2.05) is 13.8 Å². The fourth-order valence-electron chi connectivity index (χ4n) is 1.48. The number of cyclic esters (lactones) is 2. The molecule has 80 valence electrons. The Balaban J connectivity index is 2.28. The van der Waals surface area contributed by atoms with Gasteiger partial charge in [0, 0.05) is 12.8 Å². The molecule has 0 aromatic rings. The smallest absolute Gasteiger partial charge is 0.395 e. The molecule has 0 aromatic carbocycles. The standard InChI is InChI=1S/C10H10O5/c1-5-3-7-8(4-6(5)2)14-10(12)15-9(11)13-7/h3-4H2,1-2H3. The predicted molar refractivity (Wildman–Crippen MR) is 48.7 cm³/mol. The quantitative estimate of drug-likeness (QED) is 0.349. The second-order valence-electron chi connectivity index (χ2n) is 3.57. The normalized spacial score (nSPS) is 21.5. The van der Waals surface area contributed by atoms with Crippen molar-refractivity contribution in [2.45, 2.75) is 26.7 Å². The van der Waals surface area contributed by atoms with Crippen LogP contribution in [0.3, 0.4) is 0 Å². The Bertz CT molecular complexity index is 366.